The molecule has 1 aliphatic rings. The van der Waals surface area contributed by atoms with E-state index in [9.17, 15) is 0 Å². The first kappa shape index (κ1) is 16.5. The van der Waals surface area contributed by atoms with Crippen molar-refractivity contribution in [2.24, 2.45) is 5.92 Å². The molecule has 0 amide bonds. The van der Waals surface area contributed by atoms with Crippen molar-refractivity contribution in [3.63, 3.8) is 0 Å². The van der Waals surface area contributed by atoms with Crippen molar-refractivity contribution in [1.29, 1.82) is 0 Å². The van der Waals surface area contributed by atoms with Gasteiger partial charge in [0, 0.05) is 19.1 Å². The molecule has 2 rings (SSSR count). The van der Waals surface area contributed by atoms with Gasteiger partial charge in [-0.3, -0.25) is 0 Å². The molecule has 1 unspecified atom stereocenters. The molecule has 0 bridgehead atoms. The van der Waals surface area contributed by atoms with Crippen LogP contribution in [-0.2, 0) is 0 Å². The standard InChI is InChI=1S/C19H32N2/c1-5-11-21(13-17-9-10-17)14-19(20-6-2)18-12-15(3)7-8-16(18)4/h7-8,12,17,19-20H,5-6,9-11,13-14H2,1-4H3. The van der Waals surface area contributed by atoms with Gasteiger partial charge in [-0.25, -0.2) is 0 Å². The Morgan fingerprint density at radius 2 is 2.00 bits per heavy atom. The van der Waals surface area contributed by atoms with Crippen LogP contribution >= 0.6 is 0 Å². The number of nitrogens with zero attached hydrogens (tertiary/aromatic N) is 1. The number of likely N-dealkylation sites (N-methyl/N-ethyl adjacent to an activating group) is 1. The minimum Gasteiger partial charge on any atom is -0.309 e. The SMILES string of the molecule is CCCN(CC1CC1)CC(NCC)c1cc(C)ccc1C. The normalized spacial score (nSPS) is 16.4. The van der Waals surface area contributed by atoms with Crippen LogP contribution < -0.4 is 5.32 Å². The van der Waals surface area contributed by atoms with Gasteiger partial charge < -0.3 is 10.2 Å². The smallest absolute Gasteiger partial charge is 0.0451 e. The van der Waals surface area contributed by atoms with E-state index in [2.05, 4.69) is 56.1 Å². The molecule has 1 aromatic rings. The minimum absolute atomic E-state index is 0.459. The van der Waals surface area contributed by atoms with Crippen LogP contribution in [-0.4, -0.2) is 31.1 Å². The fourth-order valence-electron chi connectivity index (χ4n) is 3.15. The Morgan fingerprint density at radius 1 is 1.24 bits per heavy atom. The Kier molecular flexibility index (Phi) is 6.25. The number of hydrogen-bond acceptors (Lipinski definition) is 2. The summed E-state index contributed by atoms with van der Waals surface area (Å²) < 4.78 is 0. The summed E-state index contributed by atoms with van der Waals surface area (Å²) in [7, 11) is 0. The molecule has 0 spiro atoms. The summed E-state index contributed by atoms with van der Waals surface area (Å²) in [6.45, 7) is 13.6. The zero-order chi connectivity index (χ0) is 15.2. The van der Waals surface area contributed by atoms with Gasteiger partial charge in [-0.15, -0.1) is 0 Å². The van der Waals surface area contributed by atoms with Gasteiger partial charge in [-0.05, 0) is 63.2 Å². The quantitative estimate of drug-likeness (QED) is 0.736. The van der Waals surface area contributed by atoms with Gasteiger partial charge in [0.2, 0.25) is 0 Å². The number of hydrogen-bond donors (Lipinski definition) is 1. The van der Waals surface area contributed by atoms with Crippen molar-refractivity contribution in [2.75, 3.05) is 26.2 Å². The van der Waals surface area contributed by atoms with Crippen molar-refractivity contribution in [1.82, 2.24) is 10.2 Å². The maximum Gasteiger partial charge on any atom is 0.0451 e. The molecule has 0 aliphatic heterocycles. The van der Waals surface area contributed by atoms with E-state index in [0.29, 0.717) is 6.04 Å². The fourth-order valence-corrected chi connectivity index (χ4v) is 3.15. The summed E-state index contributed by atoms with van der Waals surface area (Å²) in [5.74, 6) is 0.970. The van der Waals surface area contributed by atoms with Crippen molar-refractivity contribution in [2.45, 2.75) is 53.0 Å². The predicted octanol–water partition coefficient (Wildman–Crippen LogP) is 4.08. The Balaban J connectivity index is 2.10. The Morgan fingerprint density at radius 3 is 2.62 bits per heavy atom. The zero-order valence-electron chi connectivity index (χ0n) is 14.3. The molecular weight excluding hydrogens is 256 g/mol. The second-order valence-electron chi connectivity index (χ2n) is 6.67. The van der Waals surface area contributed by atoms with Crippen LogP contribution in [0.15, 0.2) is 18.2 Å². The van der Waals surface area contributed by atoms with Gasteiger partial charge in [0.15, 0.2) is 0 Å². The molecule has 1 saturated carbocycles. The molecule has 21 heavy (non-hydrogen) atoms. The fraction of sp³-hybridized carbons (Fsp3) is 0.684. The zero-order valence-corrected chi connectivity index (χ0v) is 14.3. The Hall–Kier alpha value is -0.860. The molecule has 118 valence electrons. The molecular formula is C19H32N2. The highest BCUT2D eigenvalue weighted by atomic mass is 15.2. The van der Waals surface area contributed by atoms with Crippen LogP contribution in [0.1, 0.15) is 55.8 Å². The van der Waals surface area contributed by atoms with Gasteiger partial charge in [-0.1, -0.05) is 37.6 Å². The molecule has 2 nitrogen and oxygen atoms in total. The van der Waals surface area contributed by atoms with E-state index >= 15 is 0 Å². The summed E-state index contributed by atoms with van der Waals surface area (Å²) in [5, 5.41) is 3.71. The first-order valence-corrected chi connectivity index (χ1v) is 8.66. The van der Waals surface area contributed by atoms with Crippen molar-refractivity contribution in [3.05, 3.63) is 34.9 Å². The molecule has 1 atom stereocenters. The van der Waals surface area contributed by atoms with E-state index in [4.69, 9.17) is 0 Å². The lowest BCUT2D eigenvalue weighted by Gasteiger charge is -2.29. The van der Waals surface area contributed by atoms with E-state index < -0.39 is 0 Å². The highest BCUT2D eigenvalue weighted by Gasteiger charge is 2.25. The maximum absolute atomic E-state index is 3.71. The molecule has 0 radical (unpaired) electrons. The first-order valence-electron chi connectivity index (χ1n) is 8.66. The summed E-state index contributed by atoms with van der Waals surface area (Å²) in [5.41, 5.74) is 4.26. The van der Waals surface area contributed by atoms with Crippen LogP contribution in [0.25, 0.3) is 0 Å². The second kappa shape index (κ2) is 7.95. The monoisotopic (exact) mass is 288 g/mol. The average Bonchev–Trinajstić information content (AvgIpc) is 3.25. The summed E-state index contributed by atoms with van der Waals surface area (Å²) in [6.07, 6.45) is 4.13. The number of nitrogens with one attached hydrogen (secondary N) is 1. The lowest BCUT2D eigenvalue weighted by molar-refractivity contribution is 0.234. The number of rotatable bonds is 9. The van der Waals surface area contributed by atoms with E-state index in [1.807, 2.05) is 0 Å². The van der Waals surface area contributed by atoms with Crippen molar-refractivity contribution >= 4 is 0 Å². The molecule has 1 fully saturated rings. The largest absolute Gasteiger partial charge is 0.309 e. The molecule has 0 aromatic heterocycles. The lowest BCUT2D eigenvalue weighted by Crippen LogP contribution is -2.37. The first-order chi connectivity index (χ1) is 10.1. The Labute approximate surface area is 130 Å². The molecule has 0 saturated heterocycles. The minimum atomic E-state index is 0.459. The number of aryl methyl sites for hydroxylation is 2. The molecule has 1 aliphatic carbocycles. The van der Waals surface area contributed by atoms with Gasteiger partial charge in [0.1, 0.15) is 0 Å². The van der Waals surface area contributed by atoms with Crippen LogP contribution in [0, 0.1) is 19.8 Å². The van der Waals surface area contributed by atoms with Crippen LogP contribution in [0.2, 0.25) is 0 Å². The summed E-state index contributed by atoms with van der Waals surface area (Å²) in [6, 6.07) is 7.31. The lowest BCUT2D eigenvalue weighted by atomic mass is 9.98. The predicted molar refractivity (Wildman–Crippen MR) is 91.8 cm³/mol. The van der Waals surface area contributed by atoms with Gasteiger partial charge in [0.05, 0.1) is 0 Å². The van der Waals surface area contributed by atoms with E-state index in [1.165, 1.54) is 49.0 Å². The van der Waals surface area contributed by atoms with Crippen LogP contribution in [0.3, 0.4) is 0 Å². The molecule has 1 aromatic carbocycles. The third-order valence-corrected chi connectivity index (χ3v) is 4.45. The van der Waals surface area contributed by atoms with Crippen molar-refractivity contribution < 1.29 is 0 Å². The van der Waals surface area contributed by atoms with E-state index in [1.54, 1.807) is 0 Å². The van der Waals surface area contributed by atoms with Crippen molar-refractivity contribution in [3.8, 4) is 0 Å². The maximum atomic E-state index is 3.71. The third kappa shape index (κ3) is 5.12. The van der Waals surface area contributed by atoms with Gasteiger partial charge in [0.25, 0.3) is 0 Å². The third-order valence-electron chi connectivity index (χ3n) is 4.45. The summed E-state index contributed by atoms with van der Waals surface area (Å²) >= 11 is 0. The molecule has 2 heteroatoms. The topological polar surface area (TPSA) is 15.3 Å². The van der Waals surface area contributed by atoms with Gasteiger partial charge in [-0.2, -0.15) is 0 Å². The summed E-state index contributed by atoms with van der Waals surface area (Å²) in [4.78, 5) is 2.67. The second-order valence-corrected chi connectivity index (χ2v) is 6.67. The van der Waals surface area contributed by atoms with E-state index in [-0.39, 0.29) is 0 Å². The highest BCUT2D eigenvalue weighted by Crippen LogP contribution is 2.30. The van der Waals surface area contributed by atoms with Crippen LogP contribution in [0.5, 0.6) is 0 Å². The van der Waals surface area contributed by atoms with Crippen LogP contribution in [0.4, 0.5) is 0 Å². The molecule has 0 heterocycles. The highest BCUT2D eigenvalue weighted by molar-refractivity contribution is 5.33. The average molecular weight is 288 g/mol. The van der Waals surface area contributed by atoms with Gasteiger partial charge >= 0.3 is 0 Å². The number of benzene rings is 1. The molecule has 1 N–H and O–H groups in total. The van der Waals surface area contributed by atoms with E-state index in [0.717, 1.165) is 19.0 Å². The Bertz CT molecular complexity index is 437.